The number of aromatic nitrogens is 2. The first-order valence-electron chi connectivity index (χ1n) is 8.64. The molecule has 2 aromatic carbocycles. The third-order valence-electron chi connectivity index (χ3n) is 4.08. The van der Waals surface area contributed by atoms with Gasteiger partial charge in [-0.25, -0.2) is 5.43 Å². The van der Waals surface area contributed by atoms with Gasteiger partial charge in [0.1, 0.15) is 0 Å². The standard InChI is InChI=1S/C19H15BrClN5O5/c1-31-16-7-14(26(29)30)6-12(18(16)27)8-22-23-19(28)17-15(20)10-25(24-17)9-11-2-4-13(21)5-3-11/h2-8,10,27H,9H2,1H3,(H,23,28)/b22-8-. The number of phenols is 1. The molecule has 0 radical (unpaired) electrons. The molecule has 0 fully saturated rings. The van der Waals surface area contributed by atoms with E-state index in [0.717, 1.165) is 23.9 Å². The first kappa shape index (κ1) is 22.2. The Morgan fingerprint density at radius 2 is 2.13 bits per heavy atom. The van der Waals surface area contributed by atoms with Crippen molar-refractivity contribution >= 4 is 45.3 Å². The van der Waals surface area contributed by atoms with Gasteiger partial charge in [0.2, 0.25) is 0 Å². The molecule has 160 valence electrons. The molecule has 0 atom stereocenters. The Bertz CT molecular complexity index is 1160. The molecule has 3 aromatic rings. The summed E-state index contributed by atoms with van der Waals surface area (Å²) in [6.45, 7) is 0.424. The number of rotatable bonds is 7. The third-order valence-corrected chi connectivity index (χ3v) is 4.91. The molecule has 0 aliphatic rings. The van der Waals surface area contributed by atoms with Crippen LogP contribution < -0.4 is 10.2 Å². The summed E-state index contributed by atoms with van der Waals surface area (Å²) in [5.41, 5.74) is 3.00. The van der Waals surface area contributed by atoms with Gasteiger partial charge in [-0.3, -0.25) is 19.6 Å². The van der Waals surface area contributed by atoms with Gasteiger partial charge in [0, 0.05) is 22.8 Å². The quantitative estimate of drug-likeness (QED) is 0.284. The smallest absolute Gasteiger partial charge is 0.293 e. The number of hydrazone groups is 1. The van der Waals surface area contributed by atoms with Gasteiger partial charge in [-0.15, -0.1) is 0 Å². The topological polar surface area (TPSA) is 132 Å². The molecule has 3 rings (SSSR count). The molecular formula is C19H15BrClN5O5. The summed E-state index contributed by atoms with van der Waals surface area (Å²) < 4.78 is 6.94. The number of methoxy groups -OCH3 is 1. The highest BCUT2D eigenvalue weighted by Gasteiger charge is 2.17. The number of ether oxygens (including phenoxy) is 1. The van der Waals surface area contributed by atoms with Crippen LogP contribution in [0.3, 0.4) is 0 Å². The van der Waals surface area contributed by atoms with Crippen molar-refractivity contribution < 1.29 is 19.6 Å². The summed E-state index contributed by atoms with van der Waals surface area (Å²) in [5, 5.41) is 29.7. The van der Waals surface area contributed by atoms with E-state index in [1.54, 1.807) is 23.0 Å². The summed E-state index contributed by atoms with van der Waals surface area (Å²) in [5.74, 6) is -1.06. The Balaban J connectivity index is 1.73. The van der Waals surface area contributed by atoms with E-state index in [-0.39, 0.29) is 28.4 Å². The summed E-state index contributed by atoms with van der Waals surface area (Å²) in [6.07, 6.45) is 2.71. The van der Waals surface area contributed by atoms with Crippen LogP contribution in [0.2, 0.25) is 5.02 Å². The highest BCUT2D eigenvalue weighted by atomic mass is 79.9. The van der Waals surface area contributed by atoms with E-state index in [9.17, 15) is 20.0 Å². The van der Waals surface area contributed by atoms with E-state index in [1.165, 1.54) is 7.11 Å². The lowest BCUT2D eigenvalue weighted by molar-refractivity contribution is -0.385. The van der Waals surface area contributed by atoms with Crippen LogP contribution in [0.25, 0.3) is 0 Å². The Morgan fingerprint density at radius 3 is 2.77 bits per heavy atom. The maximum atomic E-state index is 12.4. The molecule has 1 aromatic heterocycles. The zero-order valence-electron chi connectivity index (χ0n) is 16.0. The third kappa shape index (κ3) is 5.38. The second-order valence-electron chi connectivity index (χ2n) is 6.19. The number of halogens is 2. The van der Waals surface area contributed by atoms with Gasteiger partial charge in [0.05, 0.1) is 35.3 Å². The molecule has 0 unspecified atom stereocenters. The largest absolute Gasteiger partial charge is 0.504 e. The Hall–Kier alpha value is -3.44. The van der Waals surface area contributed by atoms with E-state index in [4.69, 9.17) is 16.3 Å². The van der Waals surface area contributed by atoms with Crippen LogP contribution in [-0.4, -0.2) is 39.0 Å². The number of nitro benzene ring substituents is 1. The van der Waals surface area contributed by atoms with Crippen LogP contribution in [0, 0.1) is 10.1 Å². The number of hydrogen-bond donors (Lipinski definition) is 2. The summed E-state index contributed by atoms with van der Waals surface area (Å²) >= 11 is 9.16. The lowest BCUT2D eigenvalue weighted by Crippen LogP contribution is -2.19. The SMILES string of the molecule is COc1cc([N+](=O)[O-])cc(/C=N\NC(=O)c2nn(Cc3ccc(Cl)cc3)cc2Br)c1O. The molecule has 0 saturated heterocycles. The van der Waals surface area contributed by atoms with Crippen molar-refractivity contribution in [3.63, 3.8) is 0 Å². The first-order chi connectivity index (χ1) is 14.8. The lowest BCUT2D eigenvalue weighted by atomic mass is 10.2. The number of carbonyl (C=O) groups excluding carboxylic acids is 1. The molecule has 12 heteroatoms. The van der Waals surface area contributed by atoms with Crippen LogP contribution in [0.4, 0.5) is 5.69 Å². The monoisotopic (exact) mass is 507 g/mol. The maximum absolute atomic E-state index is 12.4. The summed E-state index contributed by atoms with van der Waals surface area (Å²) in [6, 6.07) is 9.40. The van der Waals surface area contributed by atoms with Crippen LogP contribution in [0.5, 0.6) is 11.5 Å². The average molecular weight is 509 g/mol. The number of aromatic hydroxyl groups is 1. The molecule has 31 heavy (non-hydrogen) atoms. The van der Waals surface area contributed by atoms with Crippen LogP contribution in [0.1, 0.15) is 21.6 Å². The molecule has 0 saturated carbocycles. The van der Waals surface area contributed by atoms with Crippen LogP contribution >= 0.6 is 27.5 Å². The minimum Gasteiger partial charge on any atom is -0.504 e. The average Bonchev–Trinajstić information content (AvgIpc) is 3.10. The Morgan fingerprint density at radius 1 is 1.42 bits per heavy atom. The molecule has 0 spiro atoms. The van der Waals surface area contributed by atoms with E-state index in [2.05, 4.69) is 31.6 Å². The van der Waals surface area contributed by atoms with Crippen molar-refractivity contribution in [2.24, 2.45) is 5.10 Å². The van der Waals surface area contributed by atoms with Gasteiger partial charge in [0.25, 0.3) is 11.6 Å². The van der Waals surface area contributed by atoms with Crippen LogP contribution in [-0.2, 0) is 6.54 Å². The number of non-ortho nitro benzene ring substituents is 1. The summed E-state index contributed by atoms with van der Waals surface area (Å²) in [4.78, 5) is 22.8. The number of benzene rings is 2. The van der Waals surface area contributed by atoms with Crippen molar-refractivity contribution in [2.75, 3.05) is 7.11 Å². The van der Waals surface area contributed by atoms with Gasteiger partial charge in [0.15, 0.2) is 17.2 Å². The number of nitro groups is 1. The second-order valence-corrected chi connectivity index (χ2v) is 7.48. The fourth-order valence-corrected chi connectivity index (χ4v) is 3.22. The molecule has 1 heterocycles. The summed E-state index contributed by atoms with van der Waals surface area (Å²) in [7, 11) is 1.26. The lowest BCUT2D eigenvalue weighted by Gasteiger charge is -2.05. The number of carbonyl (C=O) groups is 1. The number of nitrogens with one attached hydrogen (secondary N) is 1. The fourth-order valence-electron chi connectivity index (χ4n) is 2.60. The first-order valence-corrected chi connectivity index (χ1v) is 9.81. The zero-order chi connectivity index (χ0) is 22.5. The van der Waals surface area contributed by atoms with Gasteiger partial charge in [-0.1, -0.05) is 23.7 Å². The van der Waals surface area contributed by atoms with E-state index in [1.807, 2.05) is 12.1 Å². The minimum absolute atomic E-state index is 0.00122. The fraction of sp³-hybridized carbons (Fsp3) is 0.105. The molecular weight excluding hydrogens is 494 g/mol. The van der Waals surface area contributed by atoms with E-state index < -0.39 is 10.8 Å². The van der Waals surface area contributed by atoms with Gasteiger partial charge in [-0.05, 0) is 33.6 Å². The van der Waals surface area contributed by atoms with Crippen molar-refractivity contribution in [1.29, 1.82) is 0 Å². The maximum Gasteiger partial charge on any atom is 0.293 e. The number of hydrogen-bond acceptors (Lipinski definition) is 7. The highest BCUT2D eigenvalue weighted by Crippen LogP contribution is 2.33. The van der Waals surface area contributed by atoms with Crippen molar-refractivity contribution in [2.45, 2.75) is 6.54 Å². The van der Waals surface area contributed by atoms with E-state index >= 15 is 0 Å². The van der Waals surface area contributed by atoms with Crippen molar-refractivity contribution in [1.82, 2.24) is 15.2 Å². The number of nitrogens with zero attached hydrogens (tertiary/aromatic N) is 4. The normalized spacial score (nSPS) is 10.9. The molecule has 1 amide bonds. The predicted molar refractivity (Wildman–Crippen MR) is 117 cm³/mol. The Labute approximate surface area is 189 Å². The minimum atomic E-state index is -0.637. The molecule has 2 N–H and O–H groups in total. The van der Waals surface area contributed by atoms with Crippen molar-refractivity contribution in [3.05, 3.63) is 79.0 Å². The molecule has 0 bridgehead atoms. The van der Waals surface area contributed by atoms with Gasteiger partial charge in [-0.2, -0.15) is 10.2 Å². The molecule has 10 nitrogen and oxygen atoms in total. The highest BCUT2D eigenvalue weighted by molar-refractivity contribution is 9.10. The zero-order valence-corrected chi connectivity index (χ0v) is 18.3. The number of amides is 1. The number of phenolic OH excluding ortho intramolecular Hbond substituents is 1. The Kier molecular flexibility index (Phi) is 6.88. The van der Waals surface area contributed by atoms with E-state index in [0.29, 0.717) is 16.0 Å². The second kappa shape index (κ2) is 9.58. The predicted octanol–water partition coefficient (Wildman–Crippen LogP) is 3.73. The van der Waals surface area contributed by atoms with Crippen molar-refractivity contribution in [3.8, 4) is 11.5 Å². The van der Waals surface area contributed by atoms with Gasteiger partial charge < -0.3 is 9.84 Å². The van der Waals surface area contributed by atoms with Crippen LogP contribution in [0.15, 0.2) is 52.2 Å². The molecule has 0 aliphatic carbocycles. The molecule has 0 aliphatic heterocycles. The van der Waals surface area contributed by atoms with Gasteiger partial charge >= 0.3 is 0 Å².